The van der Waals surface area contributed by atoms with Crippen molar-refractivity contribution in [3.63, 3.8) is 0 Å². The summed E-state index contributed by atoms with van der Waals surface area (Å²) in [6.45, 7) is 26.0. The first-order chi connectivity index (χ1) is 16.2. The molecule has 6 aliphatic carbocycles. The van der Waals surface area contributed by atoms with E-state index >= 15 is 0 Å². The highest BCUT2D eigenvalue weighted by atomic mass is 14.8. The summed E-state index contributed by atoms with van der Waals surface area (Å²) in [5, 5.41) is 0. The molecule has 0 nitrogen and oxygen atoms in total. The van der Waals surface area contributed by atoms with Crippen molar-refractivity contribution in [2.75, 3.05) is 0 Å². The minimum atomic E-state index is 0.534. The first kappa shape index (κ1) is 25.0. The Morgan fingerprint density at radius 1 is 0.543 bits per heavy atom. The van der Waals surface area contributed by atoms with Gasteiger partial charge in [0.05, 0.1) is 0 Å². The van der Waals surface area contributed by atoms with Gasteiger partial charge in [-0.3, -0.25) is 0 Å². The average molecular weight is 479 g/mol. The predicted molar refractivity (Wildman–Crippen MR) is 150 cm³/mol. The topological polar surface area (TPSA) is 0 Å². The Labute approximate surface area is 218 Å². The van der Waals surface area contributed by atoms with Gasteiger partial charge in [-0.1, -0.05) is 67.0 Å². The lowest BCUT2D eigenvalue weighted by atomic mass is 9.30. The van der Waals surface area contributed by atoms with Crippen molar-refractivity contribution in [1.29, 1.82) is 0 Å². The molecule has 198 valence electrons. The molecule has 0 bridgehead atoms. The van der Waals surface area contributed by atoms with Crippen molar-refractivity contribution in [1.82, 2.24) is 0 Å². The smallest absolute Gasteiger partial charge is 0.0175 e. The Morgan fingerprint density at radius 3 is 1.69 bits per heavy atom. The second-order valence-corrected chi connectivity index (χ2v) is 17.2. The number of hydrogen-bond donors (Lipinski definition) is 0. The van der Waals surface area contributed by atoms with Crippen LogP contribution in [0.1, 0.15) is 139 Å². The molecular formula is C35H58. The van der Waals surface area contributed by atoms with E-state index < -0.39 is 0 Å². The van der Waals surface area contributed by atoms with Crippen LogP contribution in [0.2, 0.25) is 0 Å². The lowest BCUT2D eigenvalue weighted by molar-refractivity contribution is -0.260. The lowest BCUT2D eigenvalue weighted by Gasteiger charge is -2.75. The largest absolute Gasteiger partial charge is 0.0999 e. The van der Waals surface area contributed by atoms with E-state index in [1.807, 2.05) is 0 Å². The molecule has 6 saturated carbocycles. The monoisotopic (exact) mass is 478 g/mol. The van der Waals surface area contributed by atoms with Gasteiger partial charge in [0.25, 0.3) is 0 Å². The standard InChI is InChI=1S/C35H58/c1-23(2)24-13-19-31(5)25(24)14-20-33(7)27(31)16-22-35(9)29(33)12-11-28-32(6)18-10-17-30(3,4)26(32)15-21-34(28,35)8/h24-29H,1,10-22H2,2-9H3/t24-,25-,26-,27-,28+,29+,31-,32-,33-,34+,35+/m0/s1. The maximum absolute atomic E-state index is 4.46. The molecule has 6 rings (SSSR count). The number of fused-ring (bicyclic) bond motifs is 9. The Morgan fingerprint density at radius 2 is 1.09 bits per heavy atom. The van der Waals surface area contributed by atoms with E-state index in [9.17, 15) is 0 Å². The first-order valence-electron chi connectivity index (χ1n) is 15.9. The normalized spacial score (nSPS) is 58.9. The molecule has 0 amide bonds. The van der Waals surface area contributed by atoms with Crippen LogP contribution in [-0.4, -0.2) is 0 Å². The Balaban J connectivity index is 1.36. The van der Waals surface area contributed by atoms with E-state index in [0.717, 1.165) is 35.5 Å². The zero-order chi connectivity index (χ0) is 25.2. The van der Waals surface area contributed by atoms with Gasteiger partial charge >= 0.3 is 0 Å². The molecular weight excluding hydrogens is 420 g/mol. The van der Waals surface area contributed by atoms with Crippen LogP contribution in [0, 0.1) is 68.0 Å². The third-order valence-corrected chi connectivity index (χ3v) is 15.9. The Bertz CT molecular complexity index is 896. The number of allylic oxidation sites excluding steroid dienone is 1. The van der Waals surface area contributed by atoms with E-state index in [0.29, 0.717) is 32.5 Å². The molecule has 0 aromatic carbocycles. The van der Waals surface area contributed by atoms with Crippen molar-refractivity contribution >= 4 is 0 Å². The highest BCUT2D eigenvalue weighted by Gasteiger charge is 2.71. The molecule has 0 aliphatic heterocycles. The van der Waals surface area contributed by atoms with Crippen LogP contribution in [0.3, 0.4) is 0 Å². The van der Waals surface area contributed by atoms with E-state index in [1.54, 1.807) is 0 Å². The van der Waals surface area contributed by atoms with Gasteiger partial charge in [0.2, 0.25) is 0 Å². The van der Waals surface area contributed by atoms with E-state index in [2.05, 4.69) is 62.0 Å². The summed E-state index contributed by atoms with van der Waals surface area (Å²) in [6, 6.07) is 0. The molecule has 0 saturated heterocycles. The van der Waals surface area contributed by atoms with E-state index in [-0.39, 0.29) is 0 Å². The van der Waals surface area contributed by atoms with Crippen LogP contribution in [0.5, 0.6) is 0 Å². The van der Waals surface area contributed by atoms with Crippen molar-refractivity contribution in [2.45, 2.75) is 139 Å². The summed E-state index contributed by atoms with van der Waals surface area (Å²) in [6.07, 6.45) is 19.4. The van der Waals surface area contributed by atoms with E-state index in [4.69, 9.17) is 0 Å². The summed E-state index contributed by atoms with van der Waals surface area (Å²) in [5.41, 5.74) is 4.79. The van der Waals surface area contributed by atoms with Crippen molar-refractivity contribution in [2.24, 2.45) is 68.0 Å². The van der Waals surface area contributed by atoms with Gasteiger partial charge in [0.1, 0.15) is 0 Å². The predicted octanol–water partition coefficient (Wildman–Crippen LogP) is 10.5. The van der Waals surface area contributed by atoms with Crippen molar-refractivity contribution < 1.29 is 0 Å². The summed E-state index contributed by atoms with van der Waals surface area (Å²) < 4.78 is 0. The lowest BCUT2D eigenvalue weighted by Crippen LogP contribution is -2.67. The third kappa shape index (κ3) is 2.93. The summed E-state index contributed by atoms with van der Waals surface area (Å²) in [7, 11) is 0. The molecule has 0 spiro atoms. The van der Waals surface area contributed by atoms with Crippen LogP contribution >= 0.6 is 0 Å². The molecule has 0 N–H and O–H groups in total. The van der Waals surface area contributed by atoms with Gasteiger partial charge in [-0.15, -0.1) is 0 Å². The molecule has 0 radical (unpaired) electrons. The quantitative estimate of drug-likeness (QED) is 0.329. The highest BCUT2D eigenvalue weighted by molar-refractivity contribution is 5.21. The number of hydrogen-bond acceptors (Lipinski definition) is 0. The fraction of sp³-hybridized carbons (Fsp3) is 0.943. The molecule has 0 aromatic heterocycles. The van der Waals surface area contributed by atoms with E-state index in [1.165, 1.54) is 89.0 Å². The fourth-order valence-electron chi connectivity index (χ4n) is 14.3. The third-order valence-electron chi connectivity index (χ3n) is 15.9. The molecule has 0 heterocycles. The van der Waals surface area contributed by atoms with Crippen LogP contribution in [-0.2, 0) is 0 Å². The SMILES string of the molecule is C=C(C)[C@@H]1CC[C@]2(C)[C@@H]3CC[C@]4(C)[C@H](CC[C@@H]5[C@@]6(C)CCCC(C)(C)[C@@H]6CC[C@]54C)[C@@]3(C)CC[C@@H]12. The Hall–Kier alpha value is -0.260. The first-order valence-corrected chi connectivity index (χ1v) is 15.9. The molecule has 0 unspecified atom stereocenters. The summed E-state index contributed by atoms with van der Waals surface area (Å²) >= 11 is 0. The maximum atomic E-state index is 4.46. The van der Waals surface area contributed by atoms with Gasteiger partial charge in [-0.25, -0.2) is 0 Å². The zero-order valence-electron chi connectivity index (χ0n) is 24.9. The van der Waals surface area contributed by atoms with Gasteiger partial charge in [0.15, 0.2) is 0 Å². The Kier molecular flexibility index (Phi) is 5.32. The zero-order valence-corrected chi connectivity index (χ0v) is 24.9. The van der Waals surface area contributed by atoms with Gasteiger partial charge in [0, 0.05) is 0 Å². The molecule has 6 fully saturated rings. The maximum Gasteiger partial charge on any atom is -0.0175 e. The fourth-order valence-corrected chi connectivity index (χ4v) is 14.3. The molecule has 35 heavy (non-hydrogen) atoms. The van der Waals surface area contributed by atoms with Gasteiger partial charge in [-0.05, 0) is 152 Å². The summed E-state index contributed by atoms with van der Waals surface area (Å²) in [5.74, 6) is 5.48. The van der Waals surface area contributed by atoms with Gasteiger partial charge in [-0.2, -0.15) is 0 Å². The van der Waals surface area contributed by atoms with Crippen LogP contribution < -0.4 is 0 Å². The minimum absolute atomic E-state index is 0.534. The minimum Gasteiger partial charge on any atom is -0.0999 e. The average Bonchev–Trinajstić information content (AvgIpc) is 3.10. The molecule has 11 atom stereocenters. The van der Waals surface area contributed by atoms with Gasteiger partial charge < -0.3 is 0 Å². The second kappa shape index (κ2) is 7.44. The molecule has 0 aromatic rings. The van der Waals surface area contributed by atoms with Crippen LogP contribution in [0.4, 0.5) is 0 Å². The van der Waals surface area contributed by atoms with Crippen molar-refractivity contribution in [3.8, 4) is 0 Å². The highest BCUT2D eigenvalue weighted by Crippen LogP contribution is 2.79. The summed E-state index contributed by atoms with van der Waals surface area (Å²) in [4.78, 5) is 0. The molecule has 0 heteroatoms. The second-order valence-electron chi connectivity index (χ2n) is 17.2. The van der Waals surface area contributed by atoms with Crippen LogP contribution in [0.25, 0.3) is 0 Å². The van der Waals surface area contributed by atoms with Crippen LogP contribution in [0.15, 0.2) is 12.2 Å². The molecule has 6 aliphatic rings. The van der Waals surface area contributed by atoms with Crippen molar-refractivity contribution in [3.05, 3.63) is 12.2 Å². The number of rotatable bonds is 1.